The highest BCUT2D eigenvalue weighted by Gasteiger charge is 2.26. The van der Waals surface area contributed by atoms with Crippen LogP contribution in [-0.4, -0.2) is 25.3 Å². The third kappa shape index (κ3) is 3.85. The summed E-state index contributed by atoms with van der Waals surface area (Å²) in [6.45, 7) is 6.02. The van der Waals surface area contributed by atoms with Gasteiger partial charge < -0.3 is 4.57 Å². The van der Waals surface area contributed by atoms with Gasteiger partial charge in [0.05, 0.1) is 4.90 Å². The summed E-state index contributed by atoms with van der Waals surface area (Å²) in [7, 11) is -3.56. The quantitative estimate of drug-likeness (QED) is 0.771. The first-order valence-electron chi connectivity index (χ1n) is 8.57. The number of carbonyl (C=O) groups excluding carboxylic acids is 1. The second-order valence-electron chi connectivity index (χ2n) is 6.73. The number of aryl methyl sites for hydroxylation is 1. The van der Waals surface area contributed by atoms with E-state index < -0.39 is 10.0 Å². The number of nitrogens with zero attached hydrogens (tertiary/aromatic N) is 1. The van der Waals surface area contributed by atoms with Crippen LogP contribution in [0.5, 0.6) is 0 Å². The number of rotatable bonds is 7. The molecule has 0 radical (unpaired) electrons. The van der Waals surface area contributed by atoms with E-state index in [9.17, 15) is 13.2 Å². The number of carbonyl (C=O) groups is 1. The van der Waals surface area contributed by atoms with E-state index in [0.29, 0.717) is 24.6 Å². The molecule has 3 rings (SSSR count). The van der Waals surface area contributed by atoms with Crippen molar-refractivity contribution in [3.63, 3.8) is 0 Å². The van der Waals surface area contributed by atoms with E-state index in [-0.39, 0.29) is 10.7 Å². The Balaban J connectivity index is 1.65. The van der Waals surface area contributed by atoms with E-state index in [4.69, 9.17) is 0 Å². The van der Waals surface area contributed by atoms with Crippen LogP contribution in [0.2, 0.25) is 0 Å². The van der Waals surface area contributed by atoms with E-state index in [1.807, 2.05) is 0 Å². The molecule has 1 aromatic heterocycles. The van der Waals surface area contributed by atoms with Gasteiger partial charge in [0.25, 0.3) is 0 Å². The van der Waals surface area contributed by atoms with Crippen molar-refractivity contribution >= 4 is 15.8 Å². The molecule has 1 N–H and O–H groups in total. The van der Waals surface area contributed by atoms with Crippen molar-refractivity contribution in [1.82, 2.24) is 9.29 Å². The predicted molar refractivity (Wildman–Crippen MR) is 97.5 cm³/mol. The minimum Gasteiger partial charge on any atom is -0.346 e. The summed E-state index contributed by atoms with van der Waals surface area (Å²) in [5.41, 5.74) is 4.19. The number of Topliss-reactive ketones (excluding diaryl/α,β-unsaturated/α-hetero) is 1. The van der Waals surface area contributed by atoms with Gasteiger partial charge in [-0.1, -0.05) is 12.1 Å². The Hall–Kier alpha value is -1.92. The highest BCUT2D eigenvalue weighted by molar-refractivity contribution is 7.89. The standard InChI is InChI=1S/C19H24N2O3S/c1-13-12-17(14(2)21(13)18-6-7-18)10-11-20-25(23,24)19-8-4-16(5-9-19)15(3)22/h4-5,8-9,12,18,20H,6-7,10-11H2,1-3H3. The van der Waals surface area contributed by atoms with E-state index in [0.717, 1.165) is 0 Å². The Bertz CT molecular complexity index is 891. The maximum Gasteiger partial charge on any atom is 0.240 e. The van der Waals surface area contributed by atoms with E-state index in [1.165, 1.54) is 48.8 Å². The fourth-order valence-corrected chi connectivity index (χ4v) is 4.30. The second-order valence-corrected chi connectivity index (χ2v) is 8.49. The first-order chi connectivity index (χ1) is 11.8. The molecule has 1 heterocycles. The van der Waals surface area contributed by atoms with Gasteiger partial charge in [0.1, 0.15) is 0 Å². The molecule has 25 heavy (non-hydrogen) atoms. The molecular weight excluding hydrogens is 336 g/mol. The topological polar surface area (TPSA) is 68.2 Å². The number of aromatic nitrogens is 1. The maximum atomic E-state index is 12.4. The van der Waals surface area contributed by atoms with Crippen LogP contribution in [0.15, 0.2) is 35.2 Å². The SMILES string of the molecule is CC(=O)c1ccc(S(=O)(=O)NCCc2cc(C)n(C3CC3)c2C)cc1. The molecule has 1 aliphatic carbocycles. The Kier molecular flexibility index (Phi) is 4.84. The van der Waals surface area contributed by atoms with Gasteiger partial charge in [-0.25, -0.2) is 13.1 Å². The molecule has 0 spiro atoms. The molecular formula is C19H24N2O3S. The lowest BCUT2D eigenvalue weighted by Gasteiger charge is -2.09. The van der Waals surface area contributed by atoms with Crippen molar-refractivity contribution in [2.24, 2.45) is 0 Å². The van der Waals surface area contributed by atoms with Crippen LogP contribution in [0.3, 0.4) is 0 Å². The molecule has 1 aliphatic rings. The van der Waals surface area contributed by atoms with Gasteiger partial charge in [-0.3, -0.25) is 4.79 Å². The predicted octanol–water partition coefficient (Wildman–Crippen LogP) is 3.16. The molecule has 6 heteroatoms. The largest absolute Gasteiger partial charge is 0.346 e. The summed E-state index contributed by atoms with van der Waals surface area (Å²) in [5.74, 6) is -0.0806. The van der Waals surface area contributed by atoms with Gasteiger partial charge >= 0.3 is 0 Å². The average molecular weight is 360 g/mol. The zero-order chi connectivity index (χ0) is 18.2. The third-order valence-corrected chi connectivity index (χ3v) is 6.24. The van der Waals surface area contributed by atoms with Gasteiger partial charge in [-0.15, -0.1) is 0 Å². The van der Waals surface area contributed by atoms with Crippen LogP contribution < -0.4 is 4.72 Å². The van der Waals surface area contributed by atoms with Crippen LogP contribution in [0, 0.1) is 13.8 Å². The van der Waals surface area contributed by atoms with Crippen molar-refractivity contribution < 1.29 is 13.2 Å². The zero-order valence-corrected chi connectivity index (χ0v) is 15.7. The molecule has 0 saturated heterocycles. The number of ketones is 1. The Morgan fingerprint density at radius 2 is 1.84 bits per heavy atom. The molecule has 1 aromatic carbocycles. The lowest BCUT2D eigenvalue weighted by Crippen LogP contribution is -2.26. The monoisotopic (exact) mass is 360 g/mol. The molecule has 1 fully saturated rings. The molecule has 0 atom stereocenters. The summed E-state index contributed by atoms with van der Waals surface area (Å²) in [5, 5.41) is 0. The lowest BCUT2D eigenvalue weighted by molar-refractivity contribution is 0.101. The maximum absolute atomic E-state index is 12.4. The third-order valence-electron chi connectivity index (χ3n) is 4.76. The minimum absolute atomic E-state index is 0.0806. The van der Waals surface area contributed by atoms with Crippen LogP contribution in [-0.2, 0) is 16.4 Å². The highest BCUT2D eigenvalue weighted by Crippen LogP contribution is 2.38. The summed E-state index contributed by atoms with van der Waals surface area (Å²) < 4.78 is 29.8. The number of nitrogens with one attached hydrogen (secondary N) is 1. The Morgan fingerprint density at radius 1 is 1.20 bits per heavy atom. The molecule has 0 bridgehead atoms. The second kappa shape index (κ2) is 6.77. The number of hydrogen-bond donors (Lipinski definition) is 1. The fourth-order valence-electron chi connectivity index (χ4n) is 3.27. The first kappa shape index (κ1) is 17.9. The molecule has 0 amide bonds. The molecule has 2 aromatic rings. The summed E-state index contributed by atoms with van der Waals surface area (Å²) in [6.07, 6.45) is 3.13. The van der Waals surface area contributed by atoms with Gasteiger partial charge in [0, 0.05) is 29.5 Å². The van der Waals surface area contributed by atoms with Crippen LogP contribution in [0.4, 0.5) is 0 Å². The smallest absolute Gasteiger partial charge is 0.240 e. The molecule has 1 saturated carbocycles. The van der Waals surface area contributed by atoms with E-state index >= 15 is 0 Å². The number of benzene rings is 1. The van der Waals surface area contributed by atoms with Gasteiger partial charge in [0.2, 0.25) is 10.0 Å². The van der Waals surface area contributed by atoms with Crippen molar-refractivity contribution in [3.8, 4) is 0 Å². The average Bonchev–Trinajstić information content (AvgIpc) is 3.34. The van der Waals surface area contributed by atoms with Crippen LogP contribution in [0.1, 0.15) is 53.1 Å². The van der Waals surface area contributed by atoms with Crippen molar-refractivity contribution in [1.29, 1.82) is 0 Å². The minimum atomic E-state index is -3.56. The highest BCUT2D eigenvalue weighted by atomic mass is 32.2. The van der Waals surface area contributed by atoms with Crippen molar-refractivity contribution in [2.75, 3.05) is 6.54 Å². The summed E-state index contributed by atoms with van der Waals surface area (Å²) >= 11 is 0. The van der Waals surface area contributed by atoms with E-state index in [1.54, 1.807) is 12.1 Å². The Morgan fingerprint density at radius 3 is 2.40 bits per heavy atom. The van der Waals surface area contributed by atoms with Crippen molar-refractivity contribution in [2.45, 2.75) is 51.0 Å². The fraction of sp³-hybridized carbons (Fsp3) is 0.421. The lowest BCUT2D eigenvalue weighted by atomic mass is 10.2. The van der Waals surface area contributed by atoms with Crippen LogP contribution in [0.25, 0.3) is 0 Å². The molecule has 0 aliphatic heterocycles. The van der Waals surface area contributed by atoms with E-state index in [2.05, 4.69) is 29.2 Å². The summed E-state index contributed by atoms with van der Waals surface area (Å²) in [6, 6.07) is 8.81. The number of hydrogen-bond acceptors (Lipinski definition) is 3. The summed E-state index contributed by atoms with van der Waals surface area (Å²) in [4.78, 5) is 11.5. The van der Waals surface area contributed by atoms with Crippen LogP contribution >= 0.6 is 0 Å². The molecule has 134 valence electrons. The van der Waals surface area contributed by atoms with Gasteiger partial charge in [-0.2, -0.15) is 0 Å². The first-order valence-corrected chi connectivity index (χ1v) is 10.1. The van der Waals surface area contributed by atoms with Crippen molar-refractivity contribution in [3.05, 3.63) is 52.8 Å². The molecule has 0 unspecified atom stereocenters. The molecule has 5 nitrogen and oxygen atoms in total. The number of sulfonamides is 1. The zero-order valence-electron chi connectivity index (χ0n) is 14.9. The Labute approximate surface area is 149 Å². The van der Waals surface area contributed by atoms with Gasteiger partial charge in [0.15, 0.2) is 5.78 Å². The normalized spacial score (nSPS) is 14.7. The van der Waals surface area contributed by atoms with Gasteiger partial charge in [-0.05, 0) is 63.8 Å².